The Morgan fingerprint density at radius 1 is 1.17 bits per heavy atom. The fraction of sp³-hybridized carbons (Fsp3) is 0.174. The lowest BCUT2D eigenvalue weighted by molar-refractivity contribution is -0.111. The van der Waals surface area contributed by atoms with Gasteiger partial charge in [0.2, 0.25) is 5.91 Å². The zero-order chi connectivity index (χ0) is 20.4. The van der Waals surface area contributed by atoms with Gasteiger partial charge in [-0.2, -0.15) is 0 Å². The largest absolute Gasteiger partial charge is 0.351 e. The van der Waals surface area contributed by atoms with E-state index >= 15 is 0 Å². The average Bonchev–Trinajstić information content (AvgIpc) is 3.00. The van der Waals surface area contributed by atoms with Crippen LogP contribution in [-0.4, -0.2) is 28.7 Å². The number of amides is 2. The quantitative estimate of drug-likeness (QED) is 0.521. The lowest BCUT2D eigenvalue weighted by Gasteiger charge is -2.10. The van der Waals surface area contributed by atoms with Gasteiger partial charge in [-0.3, -0.25) is 14.4 Å². The number of aromatic nitrogens is 1. The Bertz CT molecular complexity index is 1140. The molecule has 4 rings (SSSR count). The number of para-hydroxylation sites is 1. The number of nitrogens with one attached hydrogen (secondary N) is 2. The van der Waals surface area contributed by atoms with Gasteiger partial charge in [-0.15, -0.1) is 0 Å². The zero-order valence-electron chi connectivity index (χ0n) is 15.9. The summed E-state index contributed by atoms with van der Waals surface area (Å²) in [6.07, 6.45) is 2.20. The highest BCUT2D eigenvalue weighted by atomic mass is 16.2. The summed E-state index contributed by atoms with van der Waals surface area (Å²) in [5.41, 5.74) is 3.42. The fourth-order valence-corrected chi connectivity index (χ4v) is 3.64. The van der Waals surface area contributed by atoms with Gasteiger partial charge in [-0.25, -0.2) is 0 Å². The van der Waals surface area contributed by atoms with Gasteiger partial charge in [0.05, 0.1) is 0 Å². The van der Waals surface area contributed by atoms with Crippen LogP contribution in [0.2, 0.25) is 0 Å². The number of Topliss-reactive ketones (excluding diaryl/α,β-unsaturated/α-hetero) is 1. The van der Waals surface area contributed by atoms with Gasteiger partial charge in [-0.05, 0) is 36.3 Å². The molecule has 0 saturated carbocycles. The molecule has 0 saturated heterocycles. The molecule has 2 N–H and O–H groups in total. The predicted molar refractivity (Wildman–Crippen MR) is 112 cm³/mol. The van der Waals surface area contributed by atoms with Crippen molar-refractivity contribution in [2.75, 3.05) is 11.9 Å². The maximum atomic E-state index is 13.0. The van der Waals surface area contributed by atoms with Crippen LogP contribution in [0.15, 0.2) is 61.2 Å². The summed E-state index contributed by atoms with van der Waals surface area (Å²) in [6, 6.07) is 14.6. The van der Waals surface area contributed by atoms with Gasteiger partial charge in [0, 0.05) is 41.7 Å². The highest BCUT2D eigenvalue weighted by molar-refractivity contribution is 6.04. The van der Waals surface area contributed by atoms with Gasteiger partial charge in [-0.1, -0.05) is 36.9 Å². The van der Waals surface area contributed by atoms with E-state index in [0.29, 0.717) is 23.5 Å². The molecular weight excluding hydrogens is 366 g/mol. The van der Waals surface area contributed by atoms with E-state index in [4.69, 9.17) is 0 Å². The average molecular weight is 387 g/mol. The van der Waals surface area contributed by atoms with Crippen molar-refractivity contribution >= 4 is 34.2 Å². The van der Waals surface area contributed by atoms with Crippen molar-refractivity contribution in [3.05, 3.63) is 78.0 Å². The summed E-state index contributed by atoms with van der Waals surface area (Å²) in [5, 5.41) is 6.56. The molecule has 1 aromatic heterocycles. The third-order valence-electron chi connectivity index (χ3n) is 5.11. The molecule has 29 heavy (non-hydrogen) atoms. The smallest absolute Gasteiger partial charge is 0.267 e. The Labute approximate surface area is 168 Å². The number of aryl methyl sites for hydroxylation is 1. The molecule has 2 amide bonds. The van der Waals surface area contributed by atoms with Crippen LogP contribution in [0.25, 0.3) is 10.9 Å². The van der Waals surface area contributed by atoms with E-state index in [1.807, 2.05) is 34.9 Å². The van der Waals surface area contributed by atoms with Crippen molar-refractivity contribution in [2.24, 2.45) is 0 Å². The predicted octanol–water partition coefficient (Wildman–Crippen LogP) is 3.32. The molecule has 2 aromatic carbocycles. The van der Waals surface area contributed by atoms with Crippen LogP contribution in [0.1, 0.15) is 32.8 Å². The van der Waals surface area contributed by atoms with Crippen molar-refractivity contribution in [2.45, 2.75) is 19.4 Å². The van der Waals surface area contributed by atoms with Crippen LogP contribution in [0.4, 0.5) is 5.69 Å². The number of rotatable bonds is 5. The van der Waals surface area contributed by atoms with Crippen LogP contribution >= 0.6 is 0 Å². The Balaban J connectivity index is 1.65. The first kappa shape index (κ1) is 18.7. The Hall–Kier alpha value is -3.67. The van der Waals surface area contributed by atoms with Crippen molar-refractivity contribution < 1.29 is 14.4 Å². The first-order valence-corrected chi connectivity index (χ1v) is 9.53. The molecule has 0 atom stereocenters. The summed E-state index contributed by atoms with van der Waals surface area (Å²) >= 11 is 0. The SMILES string of the molecule is C=CC(=O)Nc1ccccc1CC(=O)c1ccc2cc3n(c2c1)CCCNC3=O. The molecule has 146 valence electrons. The zero-order valence-corrected chi connectivity index (χ0v) is 15.9. The second-order valence-electron chi connectivity index (χ2n) is 7.01. The Kier molecular flexibility index (Phi) is 4.99. The summed E-state index contributed by atoms with van der Waals surface area (Å²) < 4.78 is 1.98. The Morgan fingerprint density at radius 2 is 2.00 bits per heavy atom. The number of anilines is 1. The van der Waals surface area contributed by atoms with Crippen molar-refractivity contribution in [3.63, 3.8) is 0 Å². The van der Waals surface area contributed by atoms with E-state index in [1.54, 1.807) is 18.2 Å². The summed E-state index contributed by atoms with van der Waals surface area (Å²) in [6.45, 7) is 4.83. The van der Waals surface area contributed by atoms with Gasteiger partial charge in [0.1, 0.15) is 5.69 Å². The molecule has 0 unspecified atom stereocenters. The van der Waals surface area contributed by atoms with Gasteiger partial charge < -0.3 is 15.2 Å². The van der Waals surface area contributed by atoms with Crippen LogP contribution in [-0.2, 0) is 17.8 Å². The number of ketones is 1. The van der Waals surface area contributed by atoms with Crippen LogP contribution < -0.4 is 10.6 Å². The molecule has 0 fully saturated rings. The molecule has 0 bridgehead atoms. The highest BCUT2D eigenvalue weighted by Gasteiger charge is 2.19. The maximum absolute atomic E-state index is 13.0. The third kappa shape index (κ3) is 3.69. The molecule has 1 aliphatic rings. The number of carbonyl (C=O) groups is 3. The van der Waals surface area contributed by atoms with E-state index in [1.165, 1.54) is 6.08 Å². The van der Waals surface area contributed by atoms with E-state index in [2.05, 4.69) is 17.2 Å². The van der Waals surface area contributed by atoms with Crippen molar-refractivity contribution in [1.82, 2.24) is 9.88 Å². The molecule has 2 heterocycles. The third-order valence-corrected chi connectivity index (χ3v) is 5.11. The van der Waals surface area contributed by atoms with Crippen LogP contribution in [0.5, 0.6) is 0 Å². The van der Waals surface area contributed by atoms with Crippen LogP contribution in [0.3, 0.4) is 0 Å². The van der Waals surface area contributed by atoms with Crippen molar-refractivity contribution in [3.8, 4) is 0 Å². The van der Waals surface area contributed by atoms with Gasteiger partial charge in [0.25, 0.3) is 5.91 Å². The molecule has 3 aromatic rings. The normalized spacial score (nSPS) is 13.3. The van der Waals surface area contributed by atoms with Crippen LogP contribution in [0, 0.1) is 0 Å². The van der Waals surface area contributed by atoms with Crippen molar-refractivity contribution in [1.29, 1.82) is 0 Å². The summed E-state index contributed by atoms with van der Waals surface area (Å²) in [5.74, 6) is -0.459. The standard InChI is InChI=1S/C23H21N3O3/c1-2-22(28)25-18-7-4-3-6-15(18)14-21(27)17-9-8-16-12-20-23(29)24-10-5-11-26(20)19(16)13-17/h2-4,6-9,12-13H,1,5,10-11,14H2,(H,24,29)(H,25,28). The summed E-state index contributed by atoms with van der Waals surface area (Å²) in [4.78, 5) is 36.9. The minimum Gasteiger partial charge on any atom is -0.351 e. The number of nitrogens with zero attached hydrogens (tertiary/aromatic N) is 1. The molecular formula is C23H21N3O3. The first-order valence-electron chi connectivity index (χ1n) is 9.53. The minimum absolute atomic E-state index is 0.0548. The molecule has 0 aliphatic carbocycles. The fourth-order valence-electron chi connectivity index (χ4n) is 3.64. The minimum atomic E-state index is -0.319. The molecule has 0 spiro atoms. The van der Waals surface area contributed by atoms with Gasteiger partial charge in [0.15, 0.2) is 5.78 Å². The second kappa shape index (κ2) is 7.75. The number of fused-ring (bicyclic) bond motifs is 3. The van der Waals surface area contributed by atoms with Gasteiger partial charge >= 0.3 is 0 Å². The van der Waals surface area contributed by atoms with E-state index in [-0.39, 0.29) is 24.0 Å². The van der Waals surface area contributed by atoms with E-state index < -0.39 is 0 Å². The lowest BCUT2D eigenvalue weighted by atomic mass is 10.0. The first-order chi connectivity index (χ1) is 14.1. The van der Waals surface area contributed by atoms with E-state index in [9.17, 15) is 14.4 Å². The lowest BCUT2D eigenvalue weighted by Crippen LogP contribution is -2.22. The molecule has 1 aliphatic heterocycles. The number of hydrogen-bond donors (Lipinski definition) is 2. The summed E-state index contributed by atoms with van der Waals surface area (Å²) in [7, 11) is 0. The Morgan fingerprint density at radius 3 is 2.83 bits per heavy atom. The maximum Gasteiger partial charge on any atom is 0.267 e. The highest BCUT2D eigenvalue weighted by Crippen LogP contribution is 2.25. The topological polar surface area (TPSA) is 80.2 Å². The molecule has 0 radical (unpaired) electrons. The number of carbonyl (C=O) groups excluding carboxylic acids is 3. The molecule has 6 nitrogen and oxygen atoms in total. The monoisotopic (exact) mass is 387 g/mol. The number of benzene rings is 2. The number of hydrogen-bond acceptors (Lipinski definition) is 3. The van der Waals surface area contributed by atoms with E-state index in [0.717, 1.165) is 29.4 Å². The molecule has 6 heteroatoms. The second-order valence-corrected chi connectivity index (χ2v) is 7.01.